The first kappa shape index (κ1) is 18.5. The normalized spacial score (nSPS) is 22.6. The summed E-state index contributed by atoms with van der Waals surface area (Å²) in [4.78, 5) is 2.50. The van der Waals surface area contributed by atoms with Crippen molar-refractivity contribution in [3.05, 3.63) is 59.7 Å². The summed E-state index contributed by atoms with van der Waals surface area (Å²) in [5.74, 6) is 1.94. The molecule has 1 unspecified atom stereocenters. The predicted molar refractivity (Wildman–Crippen MR) is 114 cm³/mol. The zero-order valence-electron chi connectivity index (χ0n) is 17.3. The van der Waals surface area contributed by atoms with Crippen LogP contribution in [-0.2, 0) is 0 Å². The minimum atomic E-state index is -0.336. The van der Waals surface area contributed by atoms with Crippen LogP contribution < -0.4 is 9.47 Å². The maximum atomic E-state index is 6.67. The second-order valence-electron chi connectivity index (χ2n) is 8.09. The Hall–Kier alpha value is -2.53. The first-order valence-electron chi connectivity index (χ1n) is 10.8. The molecular formula is C24H29N3O2. The predicted octanol–water partition coefficient (Wildman–Crippen LogP) is 4.44. The molecule has 1 fully saturated rings. The van der Waals surface area contributed by atoms with Crippen LogP contribution in [0.1, 0.15) is 50.3 Å². The third kappa shape index (κ3) is 3.18. The van der Waals surface area contributed by atoms with Crippen LogP contribution >= 0.6 is 0 Å². The Morgan fingerprint density at radius 1 is 1.07 bits per heavy atom. The summed E-state index contributed by atoms with van der Waals surface area (Å²) in [5.41, 5.74) is 3.22. The summed E-state index contributed by atoms with van der Waals surface area (Å²) in [6.07, 6.45) is 2.87. The molecular weight excluding hydrogens is 362 g/mol. The SMILES string of the molecule is CCOc1ccc(C2=NN3C(C2)c2ccccc2OC32CCN(CC)CC2)cc1. The van der Waals surface area contributed by atoms with Crippen molar-refractivity contribution in [2.45, 2.75) is 44.9 Å². The lowest BCUT2D eigenvalue weighted by Gasteiger charge is -2.51. The molecule has 3 aliphatic rings. The molecule has 1 saturated heterocycles. The van der Waals surface area contributed by atoms with Crippen LogP contribution in [0.25, 0.3) is 0 Å². The highest BCUT2D eigenvalue weighted by molar-refractivity contribution is 6.02. The van der Waals surface area contributed by atoms with Gasteiger partial charge in [-0.3, -0.25) is 0 Å². The Balaban J connectivity index is 1.49. The second-order valence-corrected chi connectivity index (χ2v) is 8.09. The van der Waals surface area contributed by atoms with Gasteiger partial charge < -0.3 is 14.4 Å². The van der Waals surface area contributed by atoms with Crippen molar-refractivity contribution in [2.24, 2.45) is 5.10 Å². The highest BCUT2D eigenvalue weighted by atomic mass is 16.5. The van der Waals surface area contributed by atoms with E-state index in [1.807, 2.05) is 19.1 Å². The molecule has 152 valence electrons. The van der Waals surface area contributed by atoms with Crippen molar-refractivity contribution >= 4 is 5.71 Å². The highest BCUT2D eigenvalue weighted by Crippen LogP contribution is 2.49. The molecule has 5 rings (SSSR count). The molecule has 0 aromatic heterocycles. The van der Waals surface area contributed by atoms with Gasteiger partial charge >= 0.3 is 0 Å². The smallest absolute Gasteiger partial charge is 0.200 e. The monoisotopic (exact) mass is 391 g/mol. The molecule has 0 bridgehead atoms. The van der Waals surface area contributed by atoms with Crippen molar-refractivity contribution in [3.8, 4) is 11.5 Å². The Labute approximate surface area is 172 Å². The van der Waals surface area contributed by atoms with E-state index in [9.17, 15) is 0 Å². The maximum Gasteiger partial charge on any atom is 0.200 e. The first-order valence-corrected chi connectivity index (χ1v) is 10.8. The van der Waals surface area contributed by atoms with E-state index >= 15 is 0 Å². The van der Waals surface area contributed by atoms with E-state index in [1.165, 1.54) is 11.1 Å². The van der Waals surface area contributed by atoms with Crippen molar-refractivity contribution < 1.29 is 9.47 Å². The van der Waals surface area contributed by atoms with Crippen molar-refractivity contribution in [1.82, 2.24) is 9.91 Å². The van der Waals surface area contributed by atoms with Crippen LogP contribution in [0.3, 0.4) is 0 Å². The molecule has 0 radical (unpaired) electrons. The number of ether oxygens (including phenoxy) is 2. The average Bonchev–Trinajstić information content (AvgIpc) is 3.22. The van der Waals surface area contributed by atoms with Gasteiger partial charge in [0, 0.05) is 37.9 Å². The van der Waals surface area contributed by atoms with Crippen molar-refractivity contribution in [3.63, 3.8) is 0 Å². The van der Waals surface area contributed by atoms with Gasteiger partial charge in [0.2, 0.25) is 5.72 Å². The highest BCUT2D eigenvalue weighted by Gasteiger charge is 2.51. The lowest BCUT2D eigenvalue weighted by Crippen LogP contribution is -2.59. The molecule has 0 amide bonds. The van der Waals surface area contributed by atoms with E-state index in [0.717, 1.165) is 56.1 Å². The molecule has 5 nitrogen and oxygen atoms in total. The largest absolute Gasteiger partial charge is 0.494 e. The number of fused-ring (bicyclic) bond motifs is 4. The van der Waals surface area contributed by atoms with E-state index in [1.54, 1.807) is 0 Å². The number of hydrogen-bond acceptors (Lipinski definition) is 5. The van der Waals surface area contributed by atoms with Gasteiger partial charge in [0.25, 0.3) is 0 Å². The molecule has 1 spiro atoms. The molecule has 3 aliphatic heterocycles. The summed E-state index contributed by atoms with van der Waals surface area (Å²) < 4.78 is 12.3. The van der Waals surface area contributed by atoms with Gasteiger partial charge in [-0.2, -0.15) is 5.10 Å². The molecule has 2 aromatic rings. The number of piperidine rings is 1. The minimum Gasteiger partial charge on any atom is -0.494 e. The van der Waals surface area contributed by atoms with E-state index < -0.39 is 0 Å². The molecule has 3 heterocycles. The number of para-hydroxylation sites is 1. The van der Waals surface area contributed by atoms with Crippen LogP contribution in [0, 0.1) is 0 Å². The van der Waals surface area contributed by atoms with Crippen molar-refractivity contribution in [1.29, 1.82) is 0 Å². The number of likely N-dealkylation sites (tertiary alicyclic amines) is 1. The van der Waals surface area contributed by atoms with E-state index in [-0.39, 0.29) is 11.8 Å². The standard InChI is InChI=1S/C24H29N3O2/c1-3-26-15-13-24(14-16-26)27-22(20-7-5-6-8-23(20)29-24)17-21(25-27)18-9-11-19(12-10-18)28-4-2/h5-12,22H,3-4,13-17H2,1-2H3. The molecule has 0 aliphatic carbocycles. The molecule has 29 heavy (non-hydrogen) atoms. The van der Waals surface area contributed by atoms with Gasteiger partial charge in [0.15, 0.2) is 0 Å². The van der Waals surface area contributed by atoms with Gasteiger partial charge in [0.05, 0.1) is 18.4 Å². The first-order chi connectivity index (χ1) is 14.2. The Kier molecular flexibility index (Phi) is 4.70. The van der Waals surface area contributed by atoms with Gasteiger partial charge in [-0.1, -0.05) is 25.1 Å². The van der Waals surface area contributed by atoms with Gasteiger partial charge in [-0.25, -0.2) is 5.01 Å². The fraction of sp³-hybridized carbons (Fsp3) is 0.458. The summed E-state index contributed by atoms with van der Waals surface area (Å²) in [5, 5.41) is 7.43. The quantitative estimate of drug-likeness (QED) is 0.772. The van der Waals surface area contributed by atoms with Crippen LogP contribution in [0.4, 0.5) is 0 Å². The number of hydrogen-bond donors (Lipinski definition) is 0. The second kappa shape index (κ2) is 7.38. The lowest BCUT2D eigenvalue weighted by molar-refractivity contribution is -0.149. The average molecular weight is 392 g/mol. The number of nitrogens with zero attached hydrogens (tertiary/aromatic N) is 3. The lowest BCUT2D eigenvalue weighted by atomic mass is 9.90. The minimum absolute atomic E-state index is 0.245. The number of hydrazone groups is 1. The third-order valence-corrected chi connectivity index (χ3v) is 6.49. The third-order valence-electron chi connectivity index (χ3n) is 6.49. The fourth-order valence-electron chi connectivity index (χ4n) is 4.86. The summed E-state index contributed by atoms with van der Waals surface area (Å²) >= 11 is 0. The van der Waals surface area contributed by atoms with Gasteiger partial charge in [0.1, 0.15) is 11.5 Å². The summed E-state index contributed by atoms with van der Waals surface area (Å²) in [6.45, 7) is 8.12. The van der Waals surface area contributed by atoms with Crippen molar-refractivity contribution in [2.75, 3.05) is 26.2 Å². The summed E-state index contributed by atoms with van der Waals surface area (Å²) in [7, 11) is 0. The number of benzene rings is 2. The van der Waals surface area contributed by atoms with Crippen LogP contribution in [0.15, 0.2) is 53.6 Å². The maximum absolute atomic E-state index is 6.67. The fourth-order valence-corrected chi connectivity index (χ4v) is 4.86. The number of rotatable bonds is 4. The zero-order chi connectivity index (χ0) is 19.8. The van der Waals surface area contributed by atoms with Gasteiger partial charge in [-0.15, -0.1) is 0 Å². The topological polar surface area (TPSA) is 37.3 Å². The van der Waals surface area contributed by atoms with Crippen LogP contribution in [0.2, 0.25) is 0 Å². The molecule has 5 heteroatoms. The molecule has 2 aromatic carbocycles. The zero-order valence-corrected chi connectivity index (χ0v) is 17.3. The van der Waals surface area contributed by atoms with E-state index in [2.05, 4.69) is 53.2 Å². The summed E-state index contributed by atoms with van der Waals surface area (Å²) in [6, 6.07) is 17.1. The van der Waals surface area contributed by atoms with E-state index in [0.29, 0.717) is 6.61 Å². The molecule has 0 saturated carbocycles. The van der Waals surface area contributed by atoms with Crippen LogP contribution in [-0.4, -0.2) is 47.6 Å². The Morgan fingerprint density at radius 2 is 1.83 bits per heavy atom. The van der Waals surface area contributed by atoms with E-state index in [4.69, 9.17) is 14.6 Å². The molecule has 0 N–H and O–H groups in total. The molecule has 1 atom stereocenters. The Bertz CT molecular complexity index is 901. The van der Waals surface area contributed by atoms with Gasteiger partial charge in [-0.05, 0) is 49.4 Å². The Morgan fingerprint density at radius 3 is 2.55 bits per heavy atom. The van der Waals surface area contributed by atoms with Crippen LogP contribution in [0.5, 0.6) is 11.5 Å².